The van der Waals surface area contributed by atoms with Crippen molar-refractivity contribution in [3.63, 3.8) is 0 Å². The minimum atomic E-state index is -5.44. The van der Waals surface area contributed by atoms with E-state index in [1.54, 1.807) is 0 Å². The Kier molecular flexibility index (Phi) is 4.55. The van der Waals surface area contributed by atoms with Crippen LogP contribution in [-0.4, -0.2) is 27.6 Å². The van der Waals surface area contributed by atoms with E-state index < -0.39 is 65.0 Å². The topological polar surface area (TPSA) is 60.7 Å². The van der Waals surface area contributed by atoms with Gasteiger partial charge in [0.15, 0.2) is 6.10 Å². The molecule has 142 valence electrons. The summed E-state index contributed by atoms with van der Waals surface area (Å²) in [6.45, 7) is 0. The molecule has 1 aliphatic rings. The van der Waals surface area contributed by atoms with Crippen LogP contribution < -0.4 is 0 Å². The lowest BCUT2D eigenvalue weighted by molar-refractivity contribution is -0.238. The van der Waals surface area contributed by atoms with Gasteiger partial charge in [0.25, 0.3) is 0 Å². The minimum absolute atomic E-state index is 0.0293. The van der Waals surface area contributed by atoms with E-state index in [-0.39, 0.29) is 12.1 Å². The monoisotopic (exact) mass is 384 g/mol. The summed E-state index contributed by atoms with van der Waals surface area (Å²) in [5.41, 5.74) is -6.36. The average Bonchev–Trinajstić information content (AvgIpc) is 2.66. The molecule has 0 bridgehead atoms. The molecule has 0 aromatic heterocycles. The third-order valence-electron chi connectivity index (χ3n) is 3.89. The van der Waals surface area contributed by atoms with Crippen molar-refractivity contribution in [2.45, 2.75) is 36.8 Å². The molecule has 0 aliphatic heterocycles. The van der Waals surface area contributed by atoms with Gasteiger partial charge < -0.3 is 15.3 Å². The van der Waals surface area contributed by atoms with Crippen LogP contribution >= 0.6 is 0 Å². The first kappa shape index (κ1) is 19.8. The van der Waals surface area contributed by atoms with Crippen LogP contribution in [0.4, 0.5) is 39.5 Å². The summed E-state index contributed by atoms with van der Waals surface area (Å²) in [7, 11) is 0. The first-order valence-corrected chi connectivity index (χ1v) is 6.50. The number of hydrogen-bond donors (Lipinski definition) is 3. The zero-order valence-electron chi connectivity index (χ0n) is 11.7. The molecule has 4 atom stereocenters. The molecule has 0 spiro atoms. The van der Waals surface area contributed by atoms with E-state index in [2.05, 4.69) is 0 Å². The van der Waals surface area contributed by atoms with Gasteiger partial charge in [-0.25, -0.2) is 0 Å². The maximum atomic E-state index is 13.0. The highest BCUT2D eigenvalue weighted by molar-refractivity contribution is 5.48. The Morgan fingerprint density at radius 3 is 1.72 bits per heavy atom. The molecule has 12 heteroatoms. The minimum Gasteiger partial charge on any atom is -0.388 e. The lowest BCUT2D eigenvalue weighted by Crippen LogP contribution is -2.39. The molecule has 1 aliphatic carbocycles. The van der Waals surface area contributed by atoms with Crippen molar-refractivity contribution in [1.82, 2.24) is 0 Å². The number of alkyl halides is 9. The predicted octanol–water partition coefficient (Wildman–Crippen LogP) is 3.34. The van der Waals surface area contributed by atoms with E-state index in [1.807, 2.05) is 0 Å². The van der Waals surface area contributed by atoms with Crippen molar-refractivity contribution in [1.29, 1.82) is 0 Å². The van der Waals surface area contributed by atoms with Crippen molar-refractivity contribution in [3.8, 4) is 0 Å². The fourth-order valence-electron chi connectivity index (χ4n) is 2.78. The number of hydrogen-bond acceptors (Lipinski definition) is 3. The largest absolute Gasteiger partial charge is 0.416 e. The molecule has 1 aromatic carbocycles. The van der Waals surface area contributed by atoms with Crippen molar-refractivity contribution in [2.24, 2.45) is 5.92 Å². The number of benzene rings is 1. The zero-order chi connectivity index (χ0) is 19.5. The predicted molar refractivity (Wildman–Crippen MR) is 61.9 cm³/mol. The Morgan fingerprint density at radius 2 is 1.32 bits per heavy atom. The van der Waals surface area contributed by atoms with Crippen molar-refractivity contribution in [3.05, 3.63) is 34.4 Å². The van der Waals surface area contributed by atoms with Crippen LogP contribution in [0.1, 0.15) is 34.5 Å². The van der Waals surface area contributed by atoms with Gasteiger partial charge in [0.05, 0.1) is 29.3 Å². The summed E-state index contributed by atoms with van der Waals surface area (Å²) in [6, 6.07) is -0.335. The standard InChI is InChI=1S/C13H9F9O3/c14-11(15,16)3-1-4-6(5(2-3)12(17,18)19)9(24)7(8(4)23)10(25)13(20,21)22/h1-2,7-10,23-25H. The first-order valence-electron chi connectivity index (χ1n) is 6.50. The van der Waals surface area contributed by atoms with Crippen LogP contribution in [-0.2, 0) is 12.4 Å². The van der Waals surface area contributed by atoms with E-state index >= 15 is 0 Å². The molecule has 4 unspecified atom stereocenters. The van der Waals surface area contributed by atoms with Gasteiger partial charge in [0.2, 0.25) is 0 Å². The second-order valence-corrected chi connectivity index (χ2v) is 5.48. The fraction of sp³-hybridized carbons (Fsp3) is 0.538. The van der Waals surface area contributed by atoms with Crippen LogP contribution in [0.3, 0.4) is 0 Å². The number of fused-ring (bicyclic) bond motifs is 1. The summed E-state index contributed by atoms with van der Waals surface area (Å²) in [5, 5.41) is 28.7. The van der Waals surface area contributed by atoms with E-state index in [9.17, 15) is 54.8 Å². The summed E-state index contributed by atoms with van der Waals surface area (Å²) < 4.78 is 115. The fourth-order valence-corrected chi connectivity index (χ4v) is 2.78. The molecule has 0 heterocycles. The number of rotatable bonds is 1. The Morgan fingerprint density at radius 1 is 0.800 bits per heavy atom. The molecule has 1 aromatic rings. The van der Waals surface area contributed by atoms with Gasteiger partial charge in [0, 0.05) is 0 Å². The Labute approximate surface area is 133 Å². The van der Waals surface area contributed by atoms with Gasteiger partial charge in [0.1, 0.15) is 0 Å². The average molecular weight is 384 g/mol. The smallest absolute Gasteiger partial charge is 0.388 e. The molecule has 0 fully saturated rings. The first-order chi connectivity index (χ1) is 11.1. The summed E-state index contributed by atoms with van der Waals surface area (Å²) in [5.74, 6) is -2.60. The Hall–Kier alpha value is -1.53. The van der Waals surface area contributed by atoms with Crippen LogP contribution in [0.25, 0.3) is 0 Å². The Bertz CT molecular complexity index is 662. The van der Waals surface area contributed by atoms with Crippen molar-refractivity contribution < 1.29 is 54.8 Å². The van der Waals surface area contributed by atoms with Crippen LogP contribution in [0.15, 0.2) is 12.1 Å². The summed E-state index contributed by atoms with van der Waals surface area (Å²) in [6.07, 6.45) is -24.8. The van der Waals surface area contributed by atoms with E-state index in [0.29, 0.717) is 0 Å². The van der Waals surface area contributed by atoms with Gasteiger partial charge in [-0.2, -0.15) is 39.5 Å². The van der Waals surface area contributed by atoms with Gasteiger partial charge in [-0.15, -0.1) is 0 Å². The normalized spacial score (nSPS) is 25.8. The van der Waals surface area contributed by atoms with E-state index in [0.717, 1.165) is 0 Å². The van der Waals surface area contributed by atoms with E-state index in [1.165, 1.54) is 0 Å². The molecule has 3 nitrogen and oxygen atoms in total. The molecule has 25 heavy (non-hydrogen) atoms. The molecule has 0 saturated carbocycles. The number of aliphatic hydroxyl groups is 3. The Balaban J connectivity index is 2.69. The SMILES string of the molecule is OC1c2cc(C(F)(F)F)cc(C(F)(F)F)c2C(O)C1C(O)C(F)(F)F. The van der Waals surface area contributed by atoms with Crippen molar-refractivity contribution >= 4 is 0 Å². The van der Waals surface area contributed by atoms with Crippen LogP contribution in [0.5, 0.6) is 0 Å². The number of halogens is 9. The third kappa shape index (κ3) is 3.42. The van der Waals surface area contributed by atoms with Crippen LogP contribution in [0, 0.1) is 5.92 Å². The van der Waals surface area contributed by atoms with Gasteiger partial charge in [-0.1, -0.05) is 0 Å². The molecule has 2 rings (SSSR count). The number of aliphatic hydroxyl groups excluding tert-OH is 3. The van der Waals surface area contributed by atoms with E-state index in [4.69, 9.17) is 0 Å². The second-order valence-electron chi connectivity index (χ2n) is 5.48. The zero-order valence-corrected chi connectivity index (χ0v) is 11.7. The molecule has 0 amide bonds. The maximum Gasteiger partial charge on any atom is 0.416 e. The van der Waals surface area contributed by atoms with Crippen LogP contribution in [0.2, 0.25) is 0 Å². The lowest BCUT2D eigenvalue weighted by Gasteiger charge is -2.26. The molecular formula is C13H9F9O3. The molecule has 0 saturated heterocycles. The summed E-state index contributed by atoms with van der Waals surface area (Å²) >= 11 is 0. The highest BCUT2D eigenvalue weighted by atomic mass is 19.4. The molecule has 3 N–H and O–H groups in total. The highest BCUT2D eigenvalue weighted by Crippen LogP contribution is 2.53. The molecular weight excluding hydrogens is 375 g/mol. The lowest BCUT2D eigenvalue weighted by atomic mass is 9.93. The van der Waals surface area contributed by atoms with Gasteiger partial charge >= 0.3 is 18.5 Å². The third-order valence-corrected chi connectivity index (χ3v) is 3.89. The quantitative estimate of drug-likeness (QED) is 0.651. The maximum absolute atomic E-state index is 13.0. The molecule has 0 radical (unpaired) electrons. The van der Waals surface area contributed by atoms with Gasteiger partial charge in [-0.3, -0.25) is 0 Å². The highest BCUT2D eigenvalue weighted by Gasteiger charge is 2.56. The second kappa shape index (κ2) is 5.74. The summed E-state index contributed by atoms with van der Waals surface area (Å²) in [4.78, 5) is 0. The van der Waals surface area contributed by atoms with Crippen molar-refractivity contribution in [2.75, 3.05) is 0 Å². The van der Waals surface area contributed by atoms with Gasteiger partial charge in [-0.05, 0) is 23.3 Å².